The molecule has 23 heavy (non-hydrogen) atoms. The molecule has 2 N–H and O–H groups in total. The fourth-order valence-corrected chi connectivity index (χ4v) is 2.91. The van der Waals surface area contributed by atoms with Crippen LogP contribution in [0.1, 0.15) is 38.6 Å². The maximum atomic E-state index is 11.7. The Balaban J connectivity index is 2.40. The zero-order valence-corrected chi connectivity index (χ0v) is 15.1. The van der Waals surface area contributed by atoms with Gasteiger partial charge in [-0.25, -0.2) is 9.59 Å². The molecule has 1 rings (SSSR count). The molecule has 1 amide bonds. The minimum absolute atomic E-state index is 0.329. The molecular weight excluding hydrogens is 318 g/mol. The van der Waals surface area contributed by atoms with Crippen LogP contribution in [-0.4, -0.2) is 44.3 Å². The fourth-order valence-electron chi connectivity index (χ4n) is 1.88. The van der Waals surface area contributed by atoms with Crippen molar-refractivity contribution in [3.8, 4) is 0 Å². The summed E-state index contributed by atoms with van der Waals surface area (Å²) in [6.45, 7) is 7.12. The zero-order valence-electron chi connectivity index (χ0n) is 14.3. The summed E-state index contributed by atoms with van der Waals surface area (Å²) in [5, 5.41) is 15.8. The molecule has 0 radical (unpaired) electrons. The molecule has 1 aromatic heterocycles. The molecule has 0 bridgehead atoms. The first-order chi connectivity index (χ1) is 10.6. The number of carboxylic acid groups (broad SMARTS) is 1. The Hall–Kier alpha value is -1.70. The van der Waals surface area contributed by atoms with Gasteiger partial charge in [0.05, 0.1) is 5.69 Å². The van der Waals surface area contributed by atoms with Crippen LogP contribution in [0.15, 0.2) is 6.07 Å². The number of nitrogens with zero attached hydrogens (tertiary/aromatic N) is 2. The predicted molar refractivity (Wildman–Crippen MR) is 89.5 cm³/mol. The topological polar surface area (TPSA) is 93.5 Å². The van der Waals surface area contributed by atoms with Crippen LogP contribution in [-0.2, 0) is 22.3 Å². The van der Waals surface area contributed by atoms with E-state index in [0.29, 0.717) is 12.2 Å². The van der Waals surface area contributed by atoms with Crippen LogP contribution in [0.3, 0.4) is 0 Å². The number of hydrogen-bond acceptors (Lipinski definition) is 5. The van der Waals surface area contributed by atoms with Crippen molar-refractivity contribution in [2.45, 2.75) is 51.5 Å². The zero-order chi connectivity index (χ0) is 17.6. The molecule has 130 valence electrons. The first kappa shape index (κ1) is 19.3. The summed E-state index contributed by atoms with van der Waals surface area (Å²) in [7, 11) is 1.88. The van der Waals surface area contributed by atoms with E-state index >= 15 is 0 Å². The van der Waals surface area contributed by atoms with E-state index in [1.165, 1.54) is 0 Å². The van der Waals surface area contributed by atoms with Crippen molar-refractivity contribution in [3.05, 3.63) is 17.5 Å². The number of ether oxygens (including phenoxy) is 1. The van der Waals surface area contributed by atoms with E-state index in [-0.39, 0.29) is 0 Å². The van der Waals surface area contributed by atoms with E-state index in [1.54, 1.807) is 32.5 Å². The number of aliphatic carboxylic acids is 1. The first-order valence-electron chi connectivity index (χ1n) is 7.38. The SMILES string of the molecule is Cc1cc(CSCCC(NC(=O)OC(C)(C)C)C(=O)O)n(C)n1. The summed E-state index contributed by atoms with van der Waals surface area (Å²) in [5.74, 6) is 0.292. The van der Waals surface area contributed by atoms with Crippen LogP contribution < -0.4 is 5.32 Å². The van der Waals surface area contributed by atoms with Gasteiger partial charge in [-0.1, -0.05) is 0 Å². The Morgan fingerprint density at radius 1 is 1.48 bits per heavy atom. The molecule has 0 aliphatic carbocycles. The third kappa shape index (κ3) is 7.40. The molecule has 0 aliphatic rings. The van der Waals surface area contributed by atoms with Gasteiger partial charge in [-0.05, 0) is 45.9 Å². The lowest BCUT2D eigenvalue weighted by atomic mass is 10.2. The van der Waals surface area contributed by atoms with Crippen LogP contribution in [0.5, 0.6) is 0 Å². The molecule has 1 heterocycles. The average Bonchev–Trinajstić information content (AvgIpc) is 2.69. The minimum atomic E-state index is -1.06. The number of carbonyl (C=O) groups excluding carboxylic acids is 1. The highest BCUT2D eigenvalue weighted by Gasteiger charge is 2.23. The quantitative estimate of drug-likeness (QED) is 0.738. The number of hydrogen-bond donors (Lipinski definition) is 2. The molecule has 7 nitrogen and oxygen atoms in total. The van der Waals surface area contributed by atoms with Crippen molar-refractivity contribution in [1.29, 1.82) is 0 Å². The van der Waals surface area contributed by atoms with E-state index in [4.69, 9.17) is 4.74 Å². The number of amides is 1. The molecule has 1 aromatic rings. The lowest BCUT2D eigenvalue weighted by Gasteiger charge is -2.21. The Labute approximate surface area is 140 Å². The van der Waals surface area contributed by atoms with Gasteiger partial charge >= 0.3 is 12.1 Å². The molecular formula is C15H25N3O4S. The summed E-state index contributed by atoms with van der Waals surface area (Å²) in [6.07, 6.45) is -0.382. The summed E-state index contributed by atoms with van der Waals surface area (Å²) in [4.78, 5) is 22.9. The summed E-state index contributed by atoms with van der Waals surface area (Å²) < 4.78 is 6.90. The van der Waals surface area contributed by atoms with Gasteiger partial charge in [-0.15, -0.1) is 0 Å². The van der Waals surface area contributed by atoms with Gasteiger partial charge < -0.3 is 15.2 Å². The van der Waals surface area contributed by atoms with Gasteiger partial charge in [0.1, 0.15) is 11.6 Å². The van der Waals surface area contributed by atoms with Crippen LogP contribution in [0.25, 0.3) is 0 Å². The van der Waals surface area contributed by atoms with Gasteiger partial charge in [0.25, 0.3) is 0 Å². The van der Waals surface area contributed by atoms with Crippen LogP contribution in [0.2, 0.25) is 0 Å². The van der Waals surface area contributed by atoms with Crippen LogP contribution >= 0.6 is 11.8 Å². The summed E-state index contributed by atoms with van der Waals surface area (Å²) in [6, 6.07) is 1.05. The van der Waals surface area contributed by atoms with Gasteiger partial charge in [-0.2, -0.15) is 16.9 Å². The highest BCUT2D eigenvalue weighted by molar-refractivity contribution is 7.98. The molecule has 0 aromatic carbocycles. The number of aromatic nitrogens is 2. The monoisotopic (exact) mass is 343 g/mol. The Kier molecular flexibility index (Phi) is 6.93. The number of thioether (sulfide) groups is 1. The van der Waals surface area contributed by atoms with E-state index in [2.05, 4.69) is 10.4 Å². The van der Waals surface area contributed by atoms with Gasteiger partial charge in [0.15, 0.2) is 0 Å². The van der Waals surface area contributed by atoms with Gasteiger partial charge in [0.2, 0.25) is 0 Å². The number of alkyl carbamates (subject to hydrolysis) is 1. The summed E-state index contributed by atoms with van der Waals surface area (Å²) in [5.41, 5.74) is 1.39. The highest BCUT2D eigenvalue weighted by atomic mass is 32.2. The highest BCUT2D eigenvalue weighted by Crippen LogP contribution is 2.15. The number of carboxylic acids is 1. The normalized spacial score (nSPS) is 12.7. The summed E-state index contributed by atoms with van der Waals surface area (Å²) >= 11 is 1.60. The van der Waals surface area contributed by atoms with E-state index < -0.39 is 23.7 Å². The van der Waals surface area contributed by atoms with E-state index in [1.807, 2.05) is 24.7 Å². The molecule has 1 atom stereocenters. The minimum Gasteiger partial charge on any atom is -0.480 e. The molecule has 0 fully saturated rings. The third-order valence-electron chi connectivity index (χ3n) is 2.89. The Morgan fingerprint density at radius 2 is 2.13 bits per heavy atom. The fraction of sp³-hybridized carbons (Fsp3) is 0.667. The second-order valence-corrected chi connectivity index (χ2v) is 7.38. The molecule has 0 saturated carbocycles. The van der Waals surface area contributed by atoms with Gasteiger partial charge in [-0.3, -0.25) is 4.68 Å². The average molecular weight is 343 g/mol. The molecule has 8 heteroatoms. The lowest BCUT2D eigenvalue weighted by Crippen LogP contribution is -2.43. The second-order valence-electron chi connectivity index (χ2n) is 6.28. The number of carbonyl (C=O) groups is 2. The van der Waals surface area contributed by atoms with Crippen LogP contribution in [0.4, 0.5) is 4.79 Å². The van der Waals surface area contributed by atoms with Crippen molar-refractivity contribution in [1.82, 2.24) is 15.1 Å². The lowest BCUT2D eigenvalue weighted by molar-refractivity contribution is -0.139. The first-order valence-corrected chi connectivity index (χ1v) is 8.53. The maximum Gasteiger partial charge on any atom is 0.408 e. The Bertz CT molecular complexity index is 551. The number of rotatable bonds is 7. The number of nitrogens with one attached hydrogen (secondary N) is 1. The second kappa shape index (κ2) is 8.24. The number of aryl methyl sites for hydroxylation is 2. The van der Waals surface area contributed by atoms with E-state index in [0.717, 1.165) is 17.1 Å². The van der Waals surface area contributed by atoms with Crippen molar-refractivity contribution < 1.29 is 19.4 Å². The smallest absolute Gasteiger partial charge is 0.408 e. The standard InChI is InChI=1S/C15H25N3O4S/c1-10-8-11(18(5)17-10)9-23-7-6-12(13(19)20)16-14(21)22-15(2,3)4/h8,12H,6-7,9H2,1-5H3,(H,16,21)(H,19,20). The van der Waals surface area contributed by atoms with Crippen molar-refractivity contribution in [2.75, 3.05) is 5.75 Å². The van der Waals surface area contributed by atoms with Gasteiger partial charge in [0, 0.05) is 18.5 Å². The molecule has 1 unspecified atom stereocenters. The van der Waals surface area contributed by atoms with Crippen molar-refractivity contribution in [3.63, 3.8) is 0 Å². The van der Waals surface area contributed by atoms with Crippen molar-refractivity contribution >= 4 is 23.8 Å². The largest absolute Gasteiger partial charge is 0.480 e. The Morgan fingerprint density at radius 3 is 2.61 bits per heavy atom. The maximum absolute atomic E-state index is 11.7. The van der Waals surface area contributed by atoms with E-state index in [9.17, 15) is 14.7 Å². The third-order valence-corrected chi connectivity index (χ3v) is 3.91. The predicted octanol–water partition coefficient (Wildman–Crippen LogP) is 2.33. The molecule has 0 saturated heterocycles. The molecule has 0 aliphatic heterocycles. The molecule has 0 spiro atoms. The van der Waals surface area contributed by atoms with Crippen LogP contribution in [0, 0.1) is 6.92 Å². The van der Waals surface area contributed by atoms with Crippen molar-refractivity contribution in [2.24, 2.45) is 7.05 Å².